The summed E-state index contributed by atoms with van der Waals surface area (Å²) in [7, 11) is 0. The van der Waals surface area contributed by atoms with Crippen LogP contribution in [0.15, 0.2) is 48.5 Å². The van der Waals surface area contributed by atoms with Gasteiger partial charge in [0.2, 0.25) is 5.91 Å². The van der Waals surface area contributed by atoms with Gasteiger partial charge in [-0.1, -0.05) is 62.4 Å². The number of aliphatic carboxylic acids is 1. The number of nitrogens with one attached hydrogen (secondary N) is 2. The van der Waals surface area contributed by atoms with Gasteiger partial charge in [0.15, 0.2) is 5.60 Å². The second-order valence-corrected chi connectivity index (χ2v) is 9.15. The Hall–Kier alpha value is -3.39. The molecule has 0 radical (unpaired) electrons. The Kier molecular flexibility index (Phi) is 7.07. The Bertz CT molecular complexity index is 1000. The van der Waals surface area contributed by atoms with Crippen LogP contribution in [0.2, 0.25) is 0 Å². The number of hydrogen-bond donors (Lipinski definition) is 4. The Labute approximate surface area is 193 Å². The van der Waals surface area contributed by atoms with Crippen LogP contribution in [0.3, 0.4) is 0 Å². The fraction of sp³-hybridized carbons (Fsp3) is 0.400. The molecule has 0 aromatic heterocycles. The fourth-order valence-corrected chi connectivity index (χ4v) is 3.81. The average Bonchev–Trinajstić information content (AvgIpc) is 3.09. The molecule has 1 aliphatic rings. The number of alkyl carbamates (subject to hydrolysis) is 1. The first-order valence-electron chi connectivity index (χ1n) is 10.9. The van der Waals surface area contributed by atoms with E-state index in [2.05, 4.69) is 22.8 Å². The number of carbonyl (C=O) groups is 3. The molecule has 0 aliphatic heterocycles. The van der Waals surface area contributed by atoms with Gasteiger partial charge in [-0.15, -0.1) is 0 Å². The molecule has 8 nitrogen and oxygen atoms in total. The molecule has 1 unspecified atom stereocenters. The molecular formula is C25H30N2O6. The molecule has 33 heavy (non-hydrogen) atoms. The van der Waals surface area contributed by atoms with E-state index in [1.165, 1.54) is 0 Å². The molecule has 1 atom stereocenters. The molecule has 8 heteroatoms. The van der Waals surface area contributed by atoms with Gasteiger partial charge in [0.25, 0.3) is 0 Å². The van der Waals surface area contributed by atoms with E-state index in [-0.39, 0.29) is 19.1 Å². The third kappa shape index (κ3) is 5.51. The largest absolute Gasteiger partial charge is 0.479 e. The molecule has 0 heterocycles. The van der Waals surface area contributed by atoms with Crippen LogP contribution in [-0.2, 0) is 14.3 Å². The fourth-order valence-electron chi connectivity index (χ4n) is 3.81. The predicted octanol–water partition coefficient (Wildman–Crippen LogP) is 2.89. The smallest absolute Gasteiger partial charge is 0.407 e. The first-order valence-corrected chi connectivity index (χ1v) is 10.9. The van der Waals surface area contributed by atoms with Crippen molar-refractivity contribution in [2.75, 3.05) is 19.7 Å². The predicted molar refractivity (Wildman–Crippen MR) is 123 cm³/mol. The number of aliphatic hydroxyl groups is 1. The van der Waals surface area contributed by atoms with Crippen LogP contribution in [0.25, 0.3) is 11.1 Å². The van der Waals surface area contributed by atoms with E-state index < -0.39 is 35.5 Å². The summed E-state index contributed by atoms with van der Waals surface area (Å²) in [5, 5.41) is 23.8. The molecule has 0 bridgehead atoms. The van der Waals surface area contributed by atoms with E-state index in [1.54, 1.807) is 13.8 Å². The molecule has 3 rings (SSSR count). The van der Waals surface area contributed by atoms with Crippen molar-refractivity contribution in [3.63, 3.8) is 0 Å². The van der Waals surface area contributed by atoms with E-state index in [4.69, 9.17) is 9.84 Å². The first-order chi connectivity index (χ1) is 15.5. The molecule has 0 saturated heterocycles. The van der Waals surface area contributed by atoms with Crippen molar-refractivity contribution in [3.05, 3.63) is 59.7 Å². The molecule has 4 N–H and O–H groups in total. The van der Waals surface area contributed by atoms with Crippen molar-refractivity contribution in [2.45, 2.75) is 38.7 Å². The maximum atomic E-state index is 12.4. The molecule has 176 valence electrons. The van der Waals surface area contributed by atoms with Crippen LogP contribution in [0.5, 0.6) is 0 Å². The highest BCUT2D eigenvalue weighted by Gasteiger charge is 2.34. The molecule has 0 saturated carbocycles. The normalized spacial score (nSPS) is 14.5. The zero-order valence-electron chi connectivity index (χ0n) is 19.1. The third-order valence-electron chi connectivity index (χ3n) is 6.03. The summed E-state index contributed by atoms with van der Waals surface area (Å²) >= 11 is 0. The molecule has 2 amide bonds. The monoisotopic (exact) mass is 454 g/mol. The lowest BCUT2D eigenvalue weighted by atomic mass is 9.88. The first kappa shape index (κ1) is 24.3. The topological polar surface area (TPSA) is 125 Å². The van der Waals surface area contributed by atoms with E-state index >= 15 is 0 Å². The number of ether oxygens (including phenoxy) is 1. The van der Waals surface area contributed by atoms with Crippen LogP contribution in [0.1, 0.15) is 44.2 Å². The maximum Gasteiger partial charge on any atom is 0.407 e. The number of benzene rings is 2. The quantitative estimate of drug-likeness (QED) is 0.462. The minimum atomic E-state index is -2.05. The highest BCUT2D eigenvalue weighted by atomic mass is 16.5. The molecular weight excluding hydrogens is 424 g/mol. The van der Waals surface area contributed by atoms with Crippen LogP contribution >= 0.6 is 0 Å². The van der Waals surface area contributed by atoms with Crippen molar-refractivity contribution >= 4 is 18.0 Å². The average molecular weight is 455 g/mol. The number of carboxylic acid groups (broad SMARTS) is 1. The van der Waals surface area contributed by atoms with E-state index in [1.807, 2.05) is 36.4 Å². The zero-order chi connectivity index (χ0) is 24.2. The molecule has 2 aromatic rings. The lowest BCUT2D eigenvalue weighted by molar-refractivity contribution is -0.156. The van der Waals surface area contributed by atoms with Crippen LogP contribution < -0.4 is 10.6 Å². The highest BCUT2D eigenvalue weighted by molar-refractivity contribution is 5.83. The Morgan fingerprint density at radius 2 is 1.48 bits per heavy atom. The molecule has 1 aliphatic carbocycles. The zero-order valence-corrected chi connectivity index (χ0v) is 19.1. The van der Waals surface area contributed by atoms with Crippen LogP contribution in [-0.4, -0.2) is 53.5 Å². The second kappa shape index (κ2) is 9.62. The van der Waals surface area contributed by atoms with Gasteiger partial charge < -0.3 is 25.6 Å². The van der Waals surface area contributed by atoms with Gasteiger partial charge in [0, 0.05) is 17.9 Å². The number of rotatable bonds is 9. The van der Waals surface area contributed by atoms with Crippen molar-refractivity contribution < 1.29 is 29.3 Å². The summed E-state index contributed by atoms with van der Waals surface area (Å²) in [6, 6.07) is 16.2. The molecule has 2 aromatic carbocycles. The van der Waals surface area contributed by atoms with Gasteiger partial charge in [0.05, 0.1) is 6.54 Å². The standard InChI is InChI=1S/C25H30N2O6/c1-24(2,21(28)27-15-25(3,32)22(29)30)12-13-26-23(31)33-14-20-18-10-6-4-8-16(18)17-9-5-7-11-19(17)20/h4-11,20,32H,12-15H2,1-3H3,(H,26,31)(H,27,28)(H,29,30). The molecule has 0 fully saturated rings. The summed E-state index contributed by atoms with van der Waals surface area (Å²) in [5.74, 6) is -1.87. The van der Waals surface area contributed by atoms with Gasteiger partial charge in [-0.25, -0.2) is 9.59 Å². The van der Waals surface area contributed by atoms with Crippen molar-refractivity contribution in [3.8, 4) is 11.1 Å². The van der Waals surface area contributed by atoms with E-state index in [0.29, 0.717) is 6.42 Å². The van der Waals surface area contributed by atoms with Crippen molar-refractivity contribution in [1.82, 2.24) is 10.6 Å². The maximum absolute atomic E-state index is 12.4. The second-order valence-electron chi connectivity index (χ2n) is 9.15. The number of amides is 2. The number of fused-ring (bicyclic) bond motifs is 3. The van der Waals surface area contributed by atoms with Gasteiger partial charge in [-0.2, -0.15) is 0 Å². The lowest BCUT2D eigenvalue weighted by Gasteiger charge is -2.26. The number of hydrogen-bond acceptors (Lipinski definition) is 5. The summed E-state index contributed by atoms with van der Waals surface area (Å²) in [6.45, 7) is 4.46. The van der Waals surface area contributed by atoms with Crippen molar-refractivity contribution in [2.24, 2.45) is 5.41 Å². The Balaban J connectivity index is 1.48. The van der Waals surface area contributed by atoms with E-state index in [9.17, 15) is 19.5 Å². The van der Waals surface area contributed by atoms with Crippen LogP contribution in [0.4, 0.5) is 4.79 Å². The Morgan fingerprint density at radius 1 is 0.939 bits per heavy atom. The van der Waals surface area contributed by atoms with Gasteiger partial charge in [-0.3, -0.25) is 4.79 Å². The van der Waals surface area contributed by atoms with Gasteiger partial charge in [-0.05, 0) is 35.6 Å². The van der Waals surface area contributed by atoms with Gasteiger partial charge >= 0.3 is 12.1 Å². The van der Waals surface area contributed by atoms with Crippen molar-refractivity contribution in [1.29, 1.82) is 0 Å². The minimum Gasteiger partial charge on any atom is -0.479 e. The Morgan fingerprint density at radius 3 is 2.03 bits per heavy atom. The summed E-state index contributed by atoms with van der Waals surface area (Å²) < 4.78 is 5.48. The highest BCUT2D eigenvalue weighted by Crippen LogP contribution is 2.44. The molecule has 0 spiro atoms. The number of carboxylic acids is 1. The summed E-state index contributed by atoms with van der Waals surface area (Å²) in [5.41, 5.74) is 1.62. The minimum absolute atomic E-state index is 0.0348. The summed E-state index contributed by atoms with van der Waals surface area (Å²) in [4.78, 5) is 35.6. The van der Waals surface area contributed by atoms with Gasteiger partial charge in [0.1, 0.15) is 6.61 Å². The van der Waals surface area contributed by atoms with E-state index in [0.717, 1.165) is 29.2 Å². The van der Waals surface area contributed by atoms with Crippen LogP contribution in [0, 0.1) is 5.41 Å². The third-order valence-corrected chi connectivity index (χ3v) is 6.03. The number of carbonyl (C=O) groups excluding carboxylic acids is 2. The summed E-state index contributed by atoms with van der Waals surface area (Å²) in [6.07, 6.45) is -0.264. The lowest BCUT2D eigenvalue weighted by Crippen LogP contribution is -2.49. The SMILES string of the molecule is CC(C)(CCNC(=O)OCC1c2ccccc2-c2ccccc21)C(=O)NCC(C)(O)C(=O)O.